The molecule has 0 aliphatic heterocycles. The summed E-state index contributed by atoms with van der Waals surface area (Å²) in [6, 6.07) is 3.52. The molecule has 0 aliphatic rings. The summed E-state index contributed by atoms with van der Waals surface area (Å²) in [6.45, 7) is 0.704. The van der Waals surface area contributed by atoms with Crippen molar-refractivity contribution in [2.24, 2.45) is 0 Å². The molecule has 5 nitrogen and oxygen atoms in total. The van der Waals surface area contributed by atoms with Gasteiger partial charge in [-0.05, 0) is 18.6 Å². The van der Waals surface area contributed by atoms with Gasteiger partial charge in [-0.25, -0.2) is 9.50 Å². The Balaban J connectivity index is 2.19. The topological polar surface area (TPSA) is 56.5 Å². The van der Waals surface area contributed by atoms with Crippen LogP contribution in [-0.2, 0) is 11.2 Å². The van der Waals surface area contributed by atoms with E-state index in [0.717, 1.165) is 30.6 Å². The lowest BCUT2D eigenvalue weighted by Crippen LogP contribution is -1.95. The summed E-state index contributed by atoms with van der Waals surface area (Å²) in [5.41, 5.74) is 1.36. The standard InChI is InChI=1S/C11H13N3O2/c1-16-6-2-3-10-12-11-5-4-9(8-15)7-14(11)13-10/h4-5,7-8H,2-3,6H2,1H3. The SMILES string of the molecule is COCCCc1nc2ccc(C=O)cn2n1. The summed E-state index contributed by atoms with van der Waals surface area (Å²) in [5, 5.41) is 4.28. The number of rotatable bonds is 5. The second kappa shape index (κ2) is 4.85. The summed E-state index contributed by atoms with van der Waals surface area (Å²) in [6.07, 6.45) is 4.15. The van der Waals surface area contributed by atoms with Gasteiger partial charge in [-0.15, -0.1) is 0 Å². The van der Waals surface area contributed by atoms with Gasteiger partial charge in [0.1, 0.15) is 0 Å². The molecule has 5 heteroatoms. The molecule has 2 heterocycles. The van der Waals surface area contributed by atoms with E-state index in [9.17, 15) is 4.79 Å². The van der Waals surface area contributed by atoms with Gasteiger partial charge in [-0.3, -0.25) is 4.79 Å². The fraction of sp³-hybridized carbons (Fsp3) is 0.364. The molecule has 0 saturated carbocycles. The number of hydrogen-bond donors (Lipinski definition) is 0. The summed E-state index contributed by atoms with van der Waals surface area (Å²) in [4.78, 5) is 14.9. The normalized spacial score (nSPS) is 10.8. The highest BCUT2D eigenvalue weighted by Crippen LogP contribution is 2.05. The minimum Gasteiger partial charge on any atom is -0.385 e. The predicted molar refractivity (Wildman–Crippen MR) is 58.6 cm³/mol. The fourth-order valence-corrected chi connectivity index (χ4v) is 1.50. The van der Waals surface area contributed by atoms with Crippen LogP contribution in [0.2, 0.25) is 0 Å². The van der Waals surface area contributed by atoms with Crippen molar-refractivity contribution in [3.05, 3.63) is 29.7 Å². The first kappa shape index (κ1) is 10.8. The maximum atomic E-state index is 10.6. The first-order valence-corrected chi connectivity index (χ1v) is 5.13. The minimum atomic E-state index is 0.598. The molecule has 16 heavy (non-hydrogen) atoms. The Morgan fingerprint density at radius 2 is 2.38 bits per heavy atom. The van der Waals surface area contributed by atoms with Gasteiger partial charge in [0.05, 0.1) is 0 Å². The molecule has 2 aromatic rings. The molecule has 0 fully saturated rings. The molecule has 0 spiro atoms. The van der Waals surface area contributed by atoms with Crippen molar-refractivity contribution in [2.75, 3.05) is 13.7 Å². The van der Waals surface area contributed by atoms with Gasteiger partial charge in [0.2, 0.25) is 0 Å². The molecule has 0 saturated heterocycles. The molecular weight excluding hydrogens is 206 g/mol. The van der Waals surface area contributed by atoms with Crippen LogP contribution in [0.5, 0.6) is 0 Å². The number of methoxy groups -OCH3 is 1. The van der Waals surface area contributed by atoms with Crippen LogP contribution >= 0.6 is 0 Å². The highest BCUT2D eigenvalue weighted by Gasteiger charge is 2.03. The molecule has 0 aliphatic carbocycles. The predicted octanol–water partition coefficient (Wildman–Crippen LogP) is 1.12. The number of aldehydes is 1. The Morgan fingerprint density at radius 1 is 1.50 bits per heavy atom. The number of hydrogen-bond acceptors (Lipinski definition) is 4. The number of aryl methyl sites for hydroxylation is 1. The number of nitrogens with zero attached hydrogens (tertiary/aromatic N) is 3. The van der Waals surface area contributed by atoms with Crippen molar-refractivity contribution < 1.29 is 9.53 Å². The van der Waals surface area contributed by atoms with Crippen LogP contribution in [0.1, 0.15) is 22.6 Å². The summed E-state index contributed by atoms with van der Waals surface area (Å²) < 4.78 is 6.60. The smallest absolute Gasteiger partial charge is 0.155 e. The lowest BCUT2D eigenvalue weighted by Gasteiger charge is -1.93. The average molecular weight is 219 g/mol. The van der Waals surface area contributed by atoms with Gasteiger partial charge < -0.3 is 4.74 Å². The van der Waals surface area contributed by atoms with E-state index in [0.29, 0.717) is 12.2 Å². The molecule has 84 valence electrons. The largest absolute Gasteiger partial charge is 0.385 e. The zero-order chi connectivity index (χ0) is 11.4. The maximum absolute atomic E-state index is 10.6. The minimum absolute atomic E-state index is 0.598. The van der Waals surface area contributed by atoms with Gasteiger partial charge >= 0.3 is 0 Å². The molecule has 0 atom stereocenters. The maximum Gasteiger partial charge on any atom is 0.155 e. The van der Waals surface area contributed by atoms with Gasteiger partial charge in [0, 0.05) is 31.9 Å². The summed E-state index contributed by atoms with van der Waals surface area (Å²) in [7, 11) is 1.67. The van der Waals surface area contributed by atoms with Gasteiger partial charge in [0.15, 0.2) is 17.8 Å². The zero-order valence-corrected chi connectivity index (χ0v) is 9.09. The molecular formula is C11H13N3O2. The Morgan fingerprint density at radius 3 is 3.12 bits per heavy atom. The quantitative estimate of drug-likeness (QED) is 0.558. The summed E-state index contributed by atoms with van der Waals surface area (Å²) in [5.74, 6) is 0.778. The molecule has 0 bridgehead atoms. The molecule has 0 N–H and O–H groups in total. The third kappa shape index (κ3) is 2.25. The molecule has 0 aromatic carbocycles. The number of pyridine rings is 1. The van der Waals surface area contributed by atoms with Crippen molar-refractivity contribution in [1.29, 1.82) is 0 Å². The lowest BCUT2D eigenvalue weighted by molar-refractivity contribution is 0.112. The Labute approximate surface area is 93.1 Å². The number of fused-ring (bicyclic) bond motifs is 1. The van der Waals surface area contributed by atoms with E-state index in [1.807, 2.05) is 0 Å². The number of carbonyl (C=O) groups is 1. The van der Waals surface area contributed by atoms with E-state index in [1.54, 1.807) is 30.0 Å². The van der Waals surface area contributed by atoms with Crippen molar-refractivity contribution >= 4 is 11.9 Å². The Kier molecular flexibility index (Phi) is 3.26. The van der Waals surface area contributed by atoms with E-state index in [2.05, 4.69) is 10.1 Å². The van der Waals surface area contributed by atoms with E-state index in [1.165, 1.54) is 0 Å². The third-order valence-corrected chi connectivity index (χ3v) is 2.28. The van der Waals surface area contributed by atoms with Crippen molar-refractivity contribution in [1.82, 2.24) is 14.6 Å². The number of ether oxygens (including phenoxy) is 1. The molecule has 0 radical (unpaired) electrons. The zero-order valence-electron chi connectivity index (χ0n) is 9.09. The molecule has 2 aromatic heterocycles. The fourth-order valence-electron chi connectivity index (χ4n) is 1.50. The van der Waals surface area contributed by atoms with Crippen molar-refractivity contribution in [3.8, 4) is 0 Å². The molecule has 2 rings (SSSR count). The first-order chi connectivity index (χ1) is 7.83. The Hall–Kier alpha value is -1.75. The van der Waals surface area contributed by atoms with Crippen molar-refractivity contribution in [3.63, 3.8) is 0 Å². The van der Waals surface area contributed by atoms with Crippen LogP contribution in [0.15, 0.2) is 18.3 Å². The highest BCUT2D eigenvalue weighted by molar-refractivity contribution is 5.74. The van der Waals surface area contributed by atoms with Crippen LogP contribution in [-0.4, -0.2) is 34.6 Å². The van der Waals surface area contributed by atoms with Crippen LogP contribution in [0.25, 0.3) is 5.65 Å². The second-order valence-electron chi connectivity index (χ2n) is 3.51. The average Bonchev–Trinajstić information content (AvgIpc) is 2.70. The third-order valence-electron chi connectivity index (χ3n) is 2.28. The molecule has 0 amide bonds. The van der Waals surface area contributed by atoms with Crippen LogP contribution in [0, 0.1) is 0 Å². The first-order valence-electron chi connectivity index (χ1n) is 5.13. The van der Waals surface area contributed by atoms with Gasteiger partial charge in [-0.1, -0.05) is 0 Å². The monoisotopic (exact) mass is 219 g/mol. The van der Waals surface area contributed by atoms with E-state index in [-0.39, 0.29) is 0 Å². The second-order valence-corrected chi connectivity index (χ2v) is 3.51. The Bertz CT molecular complexity index is 493. The molecule has 0 unspecified atom stereocenters. The van der Waals surface area contributed by atoms with Crippen LogP contribution in [0.3, 0.4) is 0 Å². The highest BCUT2D eigenvalue weighted by atomic mass is 16.5. The van der Waals surface area contributed by atoms with Crippen molar-refractivity contribution in [2.45, 2.75) is 12.8 Å². The van der Waals surface area contributed by atoms with Gasteiger partial charge in [-0.2, -0.15) is 5.10 Å². The van der Waals surface area contributed by atoms with Gasteiger partial charge in [0.25, 0.3) is 0 Å². The van der Waals surface area contributed by atoms with E-state index in [4.69, 9.17) is 4.74 Å². The lowest BCUT2D eigenvalue weighted by atomic mass is 10.3. The summed E-state index contributed by atoms with van der Waals surface area (Å²) >= 11 is 0. The van der Waals surface area contributed by atoms with Crippen LogP contribution < -0.4 is 0 Å². The van der Waals surface area contributed by atoms with Crippen LogP contribution in [0.4, 0.5) is 0 Å². The van der Waals surface area contributed by atoms with E-state index < -0.39 is 0 Å². The number of aromatic nitrogens is 3. The van der Waals surface area contributed by atoms with E-state index >= 15 is 0 Å². The number of carbonyl (C=O) groups excluding carboxylic acids is 1.